The van der Waals surface area contributed by atoms with Crippen molar-refractivity contribution < 1.29 is 29.3 Å². The molecule has 0 bridgehead atoms. The number of ketones is 1. The van der Waals surface area contributed by atoms with Crippen molar-refractivity contribution in [2.24, 2.45) is 11.8 Å². The highest BCUT2D eigenvalue weighted by atomic mass is 35.5. The van der Waals surface area contributed by atoms with Gasteiger partial charge in [-0.1, -0.05) is 13.0 Å². The van der Waals surface area contributed by atoms with E-state index in [1.807, 2.05) is 6.92 Å². The molecule has 0 saturated heterocycles. The first-order valence-electron chi connectivity index (χ1n) is 10.3. The molecule has 1 amide bonds. The number of fused-ring (bicyclic) bond motifs is 1. The Kier molecular flexibility index (Phi) is 5.68. The van der Waals surface area contributed by atoms with Crippen LogP contribution in [0, 0.1) is 11.8 Å². The number of rotatable bonds is 5. The molecule has 1 saturated carbocycles. The first kappa shape index (κ1) is 21.0. The first-order chi connectivity index (χ1) is 14.4. The number of hydrogen-bond acceptors (Lipinski definition) is 6. The molecule has 1 aromatic rings. The van der Waals surface area contributed by atoms with Crippen molar-refractivity contribution in [1.82, 2.24) is 4.90 Å². The zero-order valence-electron chi connectivity index (χ0n) is 17.0. The number of halogens is 1. The van der Waals surface area contributed by atoms with Crippen LogP contribution in [0.4, 0.5) is 0 Å². The summed E-state index contributed by atoms with van der Waals surface area (Å²) in [7, 11) is 0. The van der Waals surface area contributed by atoms with E-state index in [0.717, 1.165) is 0 Å². The Labute approximate surface area is 180 Å². The Balaban J connectivity index is 1.78. The number of nitrogens with zero attached hydrogens (tertiary/aromatic N) is 1. The number of phenolic OH excluding ortho intramolecular Hbond substituents is 1. The Morgan fingerprint density at radius 2 is 2.07 bits per heavy atom. The number of aliphatic hydroxyl groups excluding tert-OH is 1. The van der Waals surface area contributed by atoms with E-state index in [-0.39, 0.29) is 53.6 Å². The van der Waals surface area contributed by atoms with Gasteiger partial charge in [-0.05, 0) is 43.4 Å². The third-order valence-corrected chi connectivity index (χ3v) is 6.85. The molecule has 4 rings (SSSR count). The summed E-state index contributed by atoms with van der Waals surface area (Å²) < 4.78 is 11.6. The highest BCUT2D eigenvalue weighted by Gasteiger charge is 2.53. The van der Waals surface area contributed by atoms with E-state index in [4.69, 9.17) is 21.1 Å². The van der Waals surface area contributed by atoms with Gasteiger partial charge in [0.05, 0.1) is 30.7 Å². The smallest absolute Gasteiger partial charge is 0.290 e. The fourth-order valence-electron chi connectivity index (χ4n) is 4.72. The van der Waals surface area contributed by atoms with Crippen molar-refractivity contribution >= 4 is 23.3 Å². The molecule has 2 N–H and O–H groups in total. The fourth-order valence-corrected chi connectivity index (χ4v) is 5.02. The van der Waals surface area contributed by atoms with Crippen molar-refractivity contribution in [3.05, 3.63) is 35.1 Å². The second-order valence-electron chi connectivity index (χ2n) is 8.12. The molecule has 0 radical (unpaired) electrons. The molecule has 30 heavy (non-hydrogen) atoms. The van der Waals surface area contributed by atoms with Crippen LogP contribution in [0.5, 0.6) is 11.5 Å². The lowest BCUT2D eigenvalue weighted by atomic mass is 9.74. The highest BCUT2D eigenvalue weighted by Crippen LogP contribution is 2.48. The normalized spacial score (nSPS) is 30.8. The minimum Gasteiger partial charge on any atom is -0.504 e. The van der Waals surface area contributed by atoms with Crippen LogP contribution in [0.3, 0.4) is 0 Å². The number of carbonyl (C=O) groups excluding carboxylic acids is 2. The van der Waals surface area contributed by atoms with E-state index < -0.39 is 17.9 Å². The monoisotopic (exact) mass is 435 g/mol. The number of amides is 1. The van der Waals surface area contributed by atoms with Gasteiger partial charge >= 0.3 is 0 Å². The van der Waals surface area contributed by atoms with Gasteiger partial charge in [0.2, 0.25) is 0 Å². The van der Waals surface area contributed by atoms with Crippen molar-refractivity contribution in [3.63, 3.8) is 0 Å². The Morgan fingerprint density at radius 1 is 1.30 bits per heavy atom. The summed E-state index contributed by atoms with van der Waals surface area (Å²) in [4.78, 5) is 28.1. The molecule has 2 aliphatic heterocycles. The third kappa shape index (κ3) is 3.34. The molecule has 0 aromatic heterocycles. The number of aromatic hydroxyl groups is 1. The third-order valence-electron chi connectivity index (χ3n) is 6.25. The van der Waals surface area contributed by atoms with Crippen LogP contribution in [-0.2, 0) is 14.3 Å². The van der Waals surface area contributed by atoms with Gasteiger partial charge < -0.3 is 24.6 Å². The lowest BCUT2D eigenvalue weighted by molar-refractivity contribution is -0.136. The first-order valence-corrected chi connectivity index (χ1v) is 10.8. The Morgan fingerprint density at radius 3 is 2.77 bits per heavy atom. The molecule has 1 aromatic carbocycles. The lowest BCUT2D eigenvalue weighted by Gasteiger charge is -2.40. The molecule has 7 nitrogen and oxygen atoms in total. The van der Waals surface area contributed by atoms with E-state index in [1.165, 1.54) is 11.0 Å². The fraction of sp³-hybridized carbons (Fsp3) is 0.545. The maximum atomic E-state index is 13.5. The number of ether oxygens (including phenoxy) is 2. The number of β-amino-alcohol motifs (C(OH)–C–C–N with tert-alkyl or cyclic N) is 1. The largest absolute Gasteiger partial charge is 0.504 e. The highest BCUT2D eigenvalue weighted by molar-refractivity contribution is 6.21. The summed E-state index contributed by atoms with van der Waals surface area (Å²) in [6, 6.07) is 4.06. The van der Waals surface area contributed by atoms with Gasteiger partial charge in [-0.2, -0.15) is 0 Å². The average molecular weight is 436 g/mol. The van der Waals surface area contributed by atoms with E-state index in [2.05, 4.69) is 0 Å². The number of carbonyl (C=O) groups is 2. The number of hydrogen-bond donors (Lipinski definition) is 2. The molecule has 5 atom stereocenters. The predicted molar refractivity (Wildman–Crippen MR) is 109 cm³/mol. The molecule has 5 unspecified atom stereocenters. The molecule has 3 aliphatic rings. The van der Waals surface area contributed by atoms with Crippen LogP contribution >= 0.6 is 11.6 Å². The van der Waals surface area contributed by atoms with Gasteiger partial charge in [0.25, 0.3) is 5.91 Å². The van der Waals surface area contributed by atoms with Crippen LogP contribution < -0.4 is 4.74 Å². The van der Waals surface area contributed by atoms with Crippen molar-refractivity contribution in [3.8, 4) is 11.5 Å². The summed E-state index contributed by atoms with van der Waals surface area (Å²) in [5, 5.41) is 19.5. The van der Waals surface area contributed by atoms with E-state index in [0.29, 0.717) is 30.6 Å². The summed E-state index contributed by atoms with van der Waals surface area (Å²) in [5.41, 5.74) is 0.923. The van der Waals surface area contributed by atoms with Crippen LogP contribution in [-0.4, -0.2) is 58.0 Å². The van der Waals surface area contributed by atoms with Gasteiger partial charge in [0, 0.05) is 11.9 Å². The topological polar surface area (TPSA) is 96.3 Å². The molecule has 1 aliphatic carbocycles. The molecule has 0 spiro atoms. The Hall–Kier alpha value is -2.25. The van der Waals surface area contributed by atoms with Crippen molar-refractivity contribution in [2.75, 3.05) is 19.8 Å². The van der Waals surface area contributed by atoms with Gasteiger partial charge in [-0.3, -0.25) is 9.59 Å². The molecular weight excluding hydrogens is 410 g/mol. The number of alkyl halides is 1. The maximum Gasteiger partial charge on any atom is 0.290 e. The quantitative estimate of drug-likeness (QED) is 0.690. The second-order valence-corrected chi connectivity index (χ2v) is 8.68. The zero-order chi connectivity index (χ0) is 21.6. The maximum absolute atomic E-state index is 13.5. The van der Waals surface area contributed by atoms with E-state index in [1.54, 1.807) is 19.1 Å². The molecule has 1 fully saturated rings. The number of phenols is 1. The molecule has 162 valence electrons. The van der Waals surface area contributed by atoms with Gasteiger partial charge in [0.15, 0.2) is 23.0 Å². The SMILES string of the molecule is CCOc1cc(C2C3=C(OC4CC(C)C(Cl)CC4C3=O)C(=O)N2CCO)ccc1O. The van der Waals surface area contributed by atoms with Gasteiger partial charge in [0.1, 0.15) is 6.10 Å². The van der Waals surface area contributed by atoms with E-state index in [9.17, 15) is 19.8 Å². The summed E-state index contributed by atoms with van der Waals surface area (Å²) in [6.45, 7) is 3.99. The number of Topliss-reactive ketones (excluding diaryl/α,β-unsaturated/α-hetero) is 1. The summed E-state index contributed by atoms with van der Waals surface area (Å²) in [5.74, 6) is -0.401. The lowest BCUT2D eigenvalue weighted by Crippen LogP contribution is -2.44. The van der Waals surface area contributed by atoms with Crippen molar-refractivity contribution in [2.45, 2.75) is 44.2 Å². The van der Waals surface area contributed by atoms with E-state index >= 15 is 0 Å². The van der Waals surface area contributed by atoms with Crippen LogP contribution in [0.1, 0.15) is 38.3 Å². The van der Waals surface area contributed by atoms with Crippen LogP contribution in [0.2, 0.25) is 0 Å². The zero-order valence-corrected chi connectivity index (χ0v) is 17.8. The Bertz CT molecular complexity index is 900. The number of aliphatic hydroxyl groups is 1. The standard InChI is InChI=1S/C22H26ClNO6/c1-3-29-17-9-12(4-5-15(17)26)19-18-20(27)13-10-14(23)11(2)8-16(13)30-21(18)22(28)24(19)6-7-25/h4-5,9,11,13-14,16,19,25-26H,3,6-8,10H2,1-2H3. The second kappa shape index (κ2) is 8.12. The van der Waals surface area contributed by atoms with Crippen molar-refractivity contribution in [1.29, 1.82) is 0 Å². The summed E-state index contributed by atoms with van der Waals surface area (Å²) in [6.07, 6.45) is 0.759. The molecule has 2 heterocycles. The van der Waals surface area contributed by atoms with Gasteiger partial charge in [-0.25, -0.2) is 0 Å². The minimum absolute atomic E-state index is 0.0228. The van der Waals surface area contributed by atoms with Crippen LogP contribution in [0.15, 0.2) is 29.5 Å². The number of benzene rings is 1. The molecular formula is C22H26ClNO6. The summed E-state index contributed by atoms with van der Waals surface area (Å²) >= 11 is 6.45. The van der Waals surface area contributed by atoms with Crippen LogP contribution in [0.25, 0.3) is 0 Å². The average Bonchev–Trinajstić information content (AvgIpc) is 2.98. The predicted octanol–water partition coefficient (Wildman–Crippen LogP) is 2.54. The minimum atomic E-state index is -0.707. The molecule has 8 heteroatoms. The van der Waals surface area contributed by atoms with Gasteiger partial charge in [-0.15, -0.1) is 11.6 Å².